The van der Waals surface area contributed by atoms with Crippen molar-refractivity contribution in [3.05, 3.63) is 35.4 Å². The Hall–Kier alpha value is -1.39. The molecule has 1 aromatic carbocycles. The van der Waals surface area contributed by atoms with Crippen molar-refractivity contribution in [1.29, 1.82) is 0 Å². The van der Waals surface area contributed by atoms with Crippen molar-refractivity contribution in [3.63, 3.8) is 0 Å². The predicted octanol–water partition coefficient (Wildman–Crippen LogP) is 1.51. The molecule has 100 valence electrons. The van der Waals surface area contributed by atoms with Gasteiger partial charge in [0.1, 0.15) is 0 Å². The maximum atomic E-state index is 10.8. The second-order valence-corrected chi connectivity index (χ2v) is 4.68. The normalized spacial score (nSPS) is 12.7. The number of hydrogen-bond donors (Lipinski definition) is 2. The molecule has 1 rings (SSSR count). The zero-order valence-electron chi connectivity index (χ0n) is 11.0. The molecule has 0 heterocycles. The lowest BCUT2D eigenvalue weighted by molar-refractivity contribution is -0.141. The fraction of sp³-hybridized carbons (Fsp3) is 0.500. The second kappa shape index (κ2) is 7.13. The molecule has 0 bridgehead atoms. The number of carbonyl (C=O) groups is 1. The van der Waals surface area contributed by atoms with Gasteiger partial charge in [0.05, 0.1) is 12.5 Å². The summed E-state index contributed by atoms with van der Waals surface area (Å²) in [4.78, 5) is 12.8. The van der Waals surface area contributed by atoms with E-state index in [9.17, 15) is 4.79 Å². The number of nitrogens with zero attached hydrogens (tertiary/aromatic N) is 1. The van der Waals surface area contributed by atoms with Gasteiger partial charge in [0.15, 0.2) is 0 Å². The molecule has 0 aliphatic heterocycles. The van der Waals surface area contributed by atoms with Crippen LogP contribution in [0.4, 0.5) is 0 Å². The summed E-state index contributed by atoms with van der Waals surface area (Å²) in [5.74, 6) is -1.23. The number of benzene rings is 1. The largest absolute Gasteiger partial charge is 0.481 e. The van der Waals surface area contributed by atoms with Crippen LogP contribution in [0.5, 0.6) is 0 Å². The highest BCUT2D eigenvalue weighted by atomic mass is 16.4. The standard InChI is InChI=1S/C14H21NO3/c1-11-3-5-13(6-4-11)10-15(7-8-16)9-12(2)14(17)18/h3-6,12,16H,7-10H2,1-2H3,(H,17,18). The fourth-order valence-corrected chi connectivity index (χ4v) is 1.79. The van der Waals surface area contributed by atoms with E-state index in [4.69, 9.17) is 10.2 Å². The van der Waals surface area contributed by atoms with Crippen molar-refractivity contribution in [2.75, 3.05) is 19.7 Å². The maximum absolute atomic E-state index is 10.8. The molecule has 1 aromatic rings. The lowest BCUT2D eigenvalue weighted by Crippen LogP contribution is -2.33. The van der Waals surface area contributed by atoms with Crippen LogP contribution in [-0.2, 0) is 11.3 Å². The minimum atomic E-state index is -0.804. The van der Waals surface area contributed by atoms with Crippen molar-refractivity contribution >= 4 is 5.97 Å². The Morgan fingerprint density at radius 1 is 1.33 bits per heavy atom. The topological polar surface area (TPSA) is 60.8 Å². The summed E-state index contributed by atoms with van der Waals surface area (Å²) in [7, 11) is 0. The molecule has 0 amide bonds. The van der Waals surface area contributed by atoms with Crippen LogP contribution in [0.15, 0.2) is 24.3 Å². The van der Waals surface area contributed by atoms with Gasteiger partial charge in [-0.1, -0.05) is 36.8 Å². The van der Waals surface area contributed by atoms with Crippen LogP contribution in [-0.4, -0.2) is 40.8 Å². The van der Waals surface area contributed by atoms with E-state index in [0.717, 1.165) is 5.56 Å². The first kappa shape index (κ1) is 14.7. The monoisotopic (exact) mass is 251 g/mol. The van der Waals surface area contributed by atoms with Gasteiger partial charge in [-0.2, -0.15) is 0 Å². The highest BCUT2D eigenvalue weighted by molar-refractivity contribution is 5.69. The van der Waals surface area contributed by atoms with E-state index >= 15 is 0 Å². The number of carboxylic acid groups (broad SMARTS) is 1. The molecule has 4 nitrogen and oxygen atoms in total. The van der Waals surface area contributed by atoms with Gasteiger partial charge < -0.3 is 10.2 Å². The molecule has 2 N–H and O–H groups in total. The zero-order chi connectivity index (χ0) is 13.5. The zero-order valence-corrected chi connectivity index (χ0v) is 11.0. The van der Waals surface area contributed by atoms with Crippen LogP contribution in [0.25, 0.3) is 0 Å². The number of rotatable bonds is 7. The van der Waals surface area contributed by atoms with Crippen molar-refractivity contribution in [2.45, 2.75) is 20.4 Å². The summed E-state index contributed by atoms with van der Waals surface area (Å²) in [6.45, 7) is 5.36. The number of aliphatic hydroxyl groups excluding tert-OH is 1. The Labute approximate surface area is 108 Å². The maximum Gasteiger partial charge on any atom is 0.307 e. The molecule has 1 atom stereocenters. The summed E-state index contributed by atoms with van der Waals surface area (Å²) in [6.07, 6.45) is 0. The van der Waals surface area contributed by atoms with Gasteiger partial charge in [-0.3, -0.25) is 9.69 Å². The Morgan fingerprint density at radius 3 is 2.44 bits per heavy atom. The van der Waals surface area contributed by atoms with Crippen molar-refractivity contribution in [3.8, 4) is 0 Å². The number of carboxylic acids is 1. The number of aliphatic hydroxyl groups is 1. The summed E-state index contributed by atoms with van der Waals surface area (Å²) < 4.78 is 0. The minimum Gasteiger partial charge on any atom is -0.481 e. The van der Waals surface area contributed by atoms with Gasteiger partial charge in [-0.15, -0.1) is 0 Å². The van der Waals surface area contributed by atoms with Crippen LogP contribution in [0.3, 0.4) is 0 Å². The van der Waals surface area contributed by atoms with Crippen LogP contribution >= 0.6 is 0 Å². The van der Waals surface area contributed by atoms with E-state index < -0.39 is 11.9 Å². The number of aryl methyl sites for hydroxylation is 1. The predicted molar refractivity (Wildman–Crippen MR) is 70.3 cm³/mol. The van der Waals surface area contributed by atoms with E-state index in [0.29, 0.717) is 19.6 Å². The van der Waals surface area contributed by atoms with Crippen LogP contribution < -0.4 is 0 Å². The molecular formula is C14H21NO3. The average Bonchev–Trinajstić information content (AvgIpc) is 2.32. The molecule has 18 heavy (non-hydrogen) atoms. The Morgan fingerprint density at radius 2 is 1.94 bits per heavy atom. The quantitative estimate of drug-likeness (QED) is 0.771. The first-order valence-corrected chi connectivity index (χ1v) is 6.14. The van der Waals surface area contributed by atoms with E-state index in [-0.39, 0.29) is 6.61 Å². The molecule has 0 saturated carbocycles. The third-order valence-corrected chi connectivity index (χ3v) is 2.90. The number of hydrogen-bond acceptors (Lipinski definition) is 3. The van der Waals surface area contributed by atoms with Gasteiger partial charge in [-0.25, -0.2) is 0 Å². The molecule has 0 spiro atoms. The van der Waals surface area contributed by atoms with Gasteiger partial charge in [0.2, 0.25) is 0 Å². The van der Waals surface area contributed by atoms with E-state index in [1.165, 1.54) is 5.56 Å². The van der Waals surface area contributed by atoms with E-state index in [1.54, 1.807) is 6.92 Å². The molecule has 0 aliphatic carbocycles. The Kier molecular flexibility index (Phi) is 5.82. The lowest BCUT2D eigenvalue weighted by atomic mass is 10.1. The van der Waals surface area contributed by atoms with Gasteiger partial charge >= 0.3 is 5.97 Å². The molecule has 0 aromatic heterocycles. The minimum absolute atomic E-state index is 0.0399. The van der Waals surface area contributed by atoms with Gasteiger partial charge in [0, 0.05) is 19.6 Å². The van der Waals surface area contributed by atoms with Crippen LogP contribution in [0, 0.1) is 12.8 Å². The van der Waals surface area contributed by atoms with Crippen molar-refractivity contribution in [2.24, 2.45) is 5.92 Å². The van der Waals surface area contributed by atoms with Crippen LogP contribution in [0.1, 0.15) is 18.1 Å². The lowest BCUT2D eigenvalue weighted by Gasteiger charge is -2.23. The highest BCUT2D eigenvalue weighted by Gasteiger charge is 2.15. The van der Waals surface area contributed by atoms with Gasteiger partial charge in [0.25, 0.3) is 0 Å². The third-order valence-electron chi connectivity index (χ3n) is 2.90. The average molecular weight is 251 g/mol. The Bertz CT molecular complexity index is 375. The van der Waals surface area contributed by atoms with Gasteiger partial charge in [-0.05, 0) is 12.5 Å². The number of aliphatic carboxylic acids is 1. The SMILES string of the molecule is Cc1ccc(CN(CCO)CC(C)C(=O)O)cc1. The Balaban J connectivity index is 2.62. The van der Waals surface area contributed by atoms with Crippen molar-refractivity contribution in [1.82, 2.24) is 4.90 Å². The molecule has 0 fully saturated rings. The molecule has 0 saturated heterocycles. The third kappa shape index (κ3) is 4.85. The molecule has 1 unspecified atom stereocenters. The summed E-state index contributed by atoms with van der Waals surface area (Å²) >= 11 is 0. The van der Waals surface area contributed by atoms with Crippen LogP contribution in [0.2, 0.25) is 0 Å². The summed E-state index contributed by atoms with van der Waals surface area (Å²) in [6, 6.07) is 8.14. The summed E-state index contributed by atoms with van der Waals surface area (Å²) in [5.41, 5.74) is 2.33. The first-order valence-electron chi connectivity index (χ1n) is 6.14. The summed E-state index contributed by atoms with van der Waals surface area (Å²) in [5, 5.41) is 17.9. The van der Waals surface area contributed by atoms with E-state index in [2.05, 4.69) is 0 Å². The van der Waals surface area contributed by atoms with E-state index in [1.807, 2.05) is 36.1 Å². The molecule has 0 radical (unpaired) electrons. The van der Waals surface area contributed by atoms with Crippen molar-refractivity contribution < 1.29 is 15.0 Å². The molecule has 0 aliphatic rings. The highest BCUT2D eigenvalue weighted by Crippen LogP contribution is 2.09. The molecular weight excluding hydrogens is 230 g/mol. The molecule has 4 heteroatoms. The second-order valence-electron chi connectivity index (χ2n) is 4.68. The fourth-order valence-electron chi connectivity index (χ4n) is 1.79. The first-order chi connectivity index (χ1) is 8.52. The smallest absolute Gasteiger partial charge is 0.307 e.